The number of allylic oxidation sites excluding steroid dienone is 1. The van der Waals surface area contributed by atoms with Crippen molar-refractivity contribution in [3.8, 4) is 11.8 Å². The number of halogens is 1. The molecule has 0 bridgehead atoms. The molecule has 2 aliphatic rings. The van der Waals surface area contributed by atoms with Gasteiger partial charge in [0.05, 0.1) is 19.1 Å². The third-order valence-corrected chi connectivity index (χ3v) is 5.83. The van der Waals surface area contributed by atoms with Crippen molar-refractivity contribution in [2.45, 2.75) is 25.0 Å². The zero-order valence-electron chi connectivity index (χ0n) is 16.7. The number of hydrazine groups is 1. The number of rotatable bonds is 3. The lowest BCUT2D eigenvalue weighted by Gasteiger charge is -2.34. The van der Waals surface area contributed by atoms with E-state index in [2.05, 4.69) is 21.8 Å². The normalized spacial score (nSPS) is 23.0. The van der Waals surface area contributed by atoms with Gasteiger partial charge in [-0.15, -0.1) is 0 Å². The van der Waals surface area contributed by atoms with Crippen molar-refractivity contribution >= 4 is 34.2 Å². The van der Waals surface area contributed by atoms with E-state index in [1.807, 2.05) is 30.3 Å². The number of methoxy groups -OCH3 is 1. The largest absolute Gasteiger partial charge is 0.494 e. The Hall–Kier alpha value is -3.54. The molecule has 3 unspecified atom stereocenters. The molecule has 1 aromatic heterocycles. The minimum Gasteiger partial charge on any atom is -0.494 e. The first-order valence-corrected chi connectivity index (χ1v) is 10.1. The molecule has 0 saturated carbocycles. The molecule has 8 nitrogen and oxygen atoms in total. The van der Waals surface area contributed by atoms with Crippen LogP contribution in [0, 0.1) is 11.3 Å². The Morgan fingerprint density at radius 1 is 1.29 bits per heavy atom. The van der Waals surface area contributed by atoms with Crippen LogP contribution in [0.1, 0.15) is 24.3 Å². The quantitative estimate of drug-likeness (QED) is 0.651. The molecule has 0 radical (unpaired) electrons. The summed E-state index contributed by atoms with van der Waals surface area (Å²) in [6, 6.07) is 14.6. The van der Waals surface area contributed by atoms with Crippen LogP contribution in [0.5, 0.6) is 5.75 Å². The summed E-state index contributed by atoms with van der Waals surface area (Å²) in [4.78, 5) is 17.9. The topological polar surface area (TPSA) is 103 Å². The summed E-state index contributed by atoms with van der Waals surface area (Å²) in [6.45, 7) is 1.80. The summed E-state index contributed by atoms with van der Waals surface area (Å²) < 4.78 is 11.2. The predicted octanol–water partition coefficient (Wildman–Crippen LogP) is 3.17. The zero-order chi connectivity index (χ0) is 21.7. The highest BCUT2D eigenvalue weighted by Gasteiger charge is 2.49. The van der Waals surface area contributed by atoms with Crippen LogP contribution in [-0.2, 0) is 4.79 Å². The van der Waals surface area contributed by atoms with Gasteiger partial charge in [-0.2, -0.15) is 5.26 Å². The highest BCUT2D eigenvalue weighted by molar-refractivity contribution is 6.31. The molecule has 0 aliphatic carbocycles. The number of nitrogens with zero attached hydrogens (tertiary/aromatic N) is 3. The number of aromatic nitrogens is 1. The molecular formula is C22H18ClN5O3. The summed E-state index contributed by atoms with van der Waals surface area (Å²) in [6.07, 6.45) is -0.420. The monoisotopic (exact) mass is 435 g/mol. The smallest absolute Gasteiger partial charge is 0.277 e. The number of fused-ring (bicyclic) bond motifs is 2. The highest BCUT2D eigenvalue weighted by atomic mass is 35.5. The van der Waals surface area contributed by atoms with Crippen LogP contribution in [0.15, 0.2) is 52.6 Å². The summed E-state index contributed by atoms with van der Waals surface area (Å²) in [7, 11) is 1.52. The van der Waals surface area contributed by atoms with Crippen LogP contribution in [0.25, 0.3) is 16.7 Å². The van der Waals surface area contributed by atoms with Gasteiger partial charge in [-0.05, 0) is 12.5 Å². The molecule has 3 heterocycles. The molecule has 2 aliphatic heterocycles. The fourth-order valence-electron chi connectivity index (χ4n) is 4.21. The van der Waals surface area contributed by atoms with E-state index in [4.69, 9.17) is 20.8 Å². The molecule has 5 rings (SSSR count). The molecular weight excluding hydrogens is 418 g/mol. The summed E-state index contributed by atoms with van der Waals surface area (Å²) in [5.41, 5.74) is 5.79. The maximum Gasteiger partial charge on any atom is 0.277 e. The van der Waals surface area contributed by atoms with Crippen LogP contribution in [0.4, 0.5) is 0 Å². The first-order valence-electron chi connectivity index (χ1n) is 9.68. The number of carbonyl (C=O) groups is 1. The number of benzene rings is 2. The van der Waals surface area contributed by atoms with Gasteiger partial charge in [0.15, 0.2) is 11.1 Å². The number of nitrogens with one attached hydrogen (secondary N) is 2. The van der Waals surface area contributed by atoms with E-state index in [1.165, 1.54) is 12.1 Å². The Morgan fingerprint density at radius 2 is 2.06 bits per heavy atom. The van der Waals surface area contributed by atoms with Gasteiger partial charge >= 0.3 is 0 Å². The number of carbonyl (C=O) groups excluding carboxylic acids is 1. The van der Waals surface area contributed by atoms with E-state index in [0.29, 0.717) is 27.6 Å². The average molecular weight is 436 g/mol. The van der Waals surface area contributed by atoms with Gasteiger partial charge in [-0.3, -0.25) is 4.79 Å². The van der Waals surface area contributed by atoms with E-state index < -0.39 is 12.2 Å². The Labute approximate surface area is 183 Å². The predicted molar refractivity (Wildman–Crippen MR) is 114 cm³/mol. The van der Waals surface area contributed by atoms with E-state index in [0.717, 1.165) is 5.56 Å². The fourth-order valence-corrected chi connectivity index (χ4v) is 4.41. The number of oxazole rings is 1. The average Bonchev–Trinajstić information content (AvgIpc) is 3.35. The van der Waals surface area contributed by atoms with Gasteiger partial charge in [-0.1, -0.05) is 41.9 Å². The maximum absolute atomic E-state index is 13.5. The van der Waals surface area contributed by atoms with E-state index in [-0.39, 0.29) is 23.3 Å². The third-order valence-electron chi connectivity index (χ3n) is 5.61. The van der Waals surface area contributed by atoms with Crippen molar-refractivity contribution in [2.24, 2.45) is 0 Å². The molecule has 2 aromatic carbocycles. The summed E-state index contributed by atoms with van der Waals surface area (Å²) in [5.74, 6) is 0.0473. The van der Waals surface area contributed by atoms with Gasteiger partial charge in [0, 0.05) is 22.9 Å². The van der Waals surface area contributed by atoms with Crippen LogP contribution < -0.4 is 15.5 Å². The van der Waals surface area contributed by atoms with Crippen LogP contribution in [0.3, 0.4) is 0 Å². The van der Waals surface area contributed by atoms with Crippen molar-refractivity contribution in [3.05, 3.63) is 64.6 Å². The maximum atomic E-state index is 13.5. The lowest BCUT2D eigenvalue weighted by Crippen LogP contribution is -2.54. The van der Waals surface area contributed by atoms with E-state index >= 15 is 0 Å². The zero-order valence-corrected chi connectivity index (χ0v) is 17.5. The number of amides is 1. The van der Waals surface area contributed by atoms with E-state index in [9.17, 15) is 10.1 Å². The van der Waals surface area contributed by atoms with Gasteiger partial charge in [0.25, 0.3) is 5.91 Å². The summed E-state index contributed by atoms with van der Waals surface area (Å²) >= 11 is 6.13. The minimum absolute atomic E-state index is 0.155. The molecule has 1 amide bonds. The molecule has 1 saturated heterocycles. The van der Waals surface area contributed by atoms with E-state index in [1.54, 1.807) is 19.1 Å². The second kappa shape index (κ2) is 7.30. The first-order chi connectivity index (χ1) is 15.0. The van der Waals surface area contributed by atoms with Crippen molar-refractivity contribution < 1.29 is 13.9 Å². The Balaban J connectivity index is 1.58. The second-order valence-corrected chi connectivity index (χ2v) is 7.85. The second-order valence-electron chi connectivity index (χ2n) is 7.41. The number of hydrogen-bond donors (Lipinski definition) is 2. The van der Waals surface area contributed by atoms with Crippen LogP contribution >= 0.6 is 11.6 Å². The van der Waals surface area contributed by atoms with Gasteiger partial charge in [-0.25, -0.2) is 15.4 Å². The van der Waals surface area contributed by atoms with Gasteiger partial charge in [0.1, 0.15) is 23.5 Å². The Bertz CT molecular complexity index is 1260. The van der Waals surface area contributed by atoms with Crippen molar-refractivity contribution in [3.63, 3.8) is 0 Å². The molecule has 0 spiro atoms. The minimum atomic E-state index is -0.571. The molecule has 3 aromatic rings. The van der Waals surface area contributed by atoms with Crippen LogP contribution in [-0.4, -0.2) is 35.2 Å². The third kappa shape index (κ3) is 3.02. The highest BCUT2D eigenvalue weighted by Crippen LogP contribution is 2.38. The lowest BCUT2D eigenvalue weighted by atomic mass is 9.90. The van der Waals surface area contributed by atoms with Crippen LogP contribution in [0.2, 0.25) is 5.02 Å². The molecule has 3 atom stereocenters. The molecule has 31 heavy (non-hydrogen) atoms. The molecule has 2 N–H and O–H groups in total. The SMILES string of the molecule is COc1cc(Cl)cc2oc(C3=C(C)NC4C(c5ccccc5)C(C#N)NN4C3=O)nc12. The van der Waals surface area contributed by atoms with Crippen molar-refractivity contribution in [2.75, 3.05) is 7.11 Å². The van der Waals surface area contributed by atoms with Gasteiger partial charge < -0.3 is 14.5 Å². The first kappa shape index (κ1) is 19.4. The lowest BCUT2D eigenvalue weighted by molar-refractivity contribution is -0.130. The molecule has 1 fully saturated rings. The summed E-state index contributed by atoms with van der Waals surface area (Å²) in [5, 5.41) is 15.0. The fraction of sp³-hybridized carbons (Fsp3) is 0.227. The Kier molecular flexibility index (Phi) is 4.58. The van der Waals surface area contributed by atoms with Crippen molar-refractivity contribution in [1.29, 1.82) is 5.26 Å². The van der Waals surface area contributed by atoms with Gasteiger partial charge in [0.2, 0.25) is 5.89 Å². The number of ether oxygens (including phenoxy) is 1. The Morgan fingerprint density at radius 3 is 2.77 bits per heavy atom. The molecule has 9 heteroatoms. The number of hydrogen-bond acceptors (Lipinski definition) is 7. The standard InChI is InChI=1S/C22H18ClN5O3/c1-11-17(21-26-19-15(30-2)8-13(23)9-16(19)31-21)22(29)28-20(25-11)18(14(10-24)27-28)12-6-4-3-5-7-12/h3-9,14,18,20,25,27H,1-2H3. The van der Waals surface area contributed by atoms with Crippen molar-refractivity contribution in [1.82, 2.24) is 20.7 Å². The number of nitriles is 1. The molecule has 156 valence electrons.